The number of piperazine rings is 1. The van der Waals surface area contributed by atoms with Gasteiger partial charge in [0.25, 0.3) is 0 Å². The molecule has 1 aliphatic rings. The second kappa shape index (κ2) is 6.89. The molecular formula is C18H19N5O2S. The van der Waals surface area contributed by atoms with Crippen molar-refractivity contribution < 1.29 is 9.53 Å². The zero-order valence-electron chi connectivity index (χ0n) is 14.3. The van der Waals surface area contributed by atoms with Crippen LogP contribution in [-0.2, 0) is 4.79 Å². The van der Waals surface area contributed by atoms with E-state index >= 15 is 0 Å². The van der Waals surface area contributed by atoms with Crippen molar-refractivity contribution in [2.45, 2.75) is 6.04 Å². The summed E-state index contributed by atoms with van der Waals surface area (Å²) in [5, 5.41) is 6.25. The van der Waals surface area contributed by atoms with E-state index in [9.17, 15) is 4.79 Å². The lowest BCUT2D eigenvalue weighted by molar-refractivity contribution is -0.120. The normalized spacial score (nSPS) is 17.4. The number of primary amides is 1. The fourth-order valence-electron chi connectivity index (χ4n) is 3.22. The third kappa shape index (κ3) is 2.97. The number of nitrogens with two attached hydrogens (primary N) is 1. The molecule has 1 aromatic carbocycles. The number of carbonyl (C=O) groups is 1. The molecule has 1 saturated heterocycles. The summed E-state index contributed by atoms with van der Waals surface area (Å²) in [5.41, 5.74) is 7.64. The van der Waals surface area contributed by atoms with Gasteiger partial charge in [-0.15, -0.1) is 11.3 Å². The van der Waals surface area contributed by atoms with Crippen molar-refractivity contribution in [2.24, 2.45) is 5.73 Å². The molecule has 3 heterocycles. The first kappa shape index (κ1) is 16.7. The molecule has 8 heteroatoms. The van der Waals surface area contributed by atoms with Crippen molar-refractivity contribution in [3.05, 3.63) is 36.0 Å². The first-order chi connectivity index (χ1) is 12.7. The van der Waals surface area contributed by atoms with E-state index in [1.165, 1.54) is 0 Å². The average Bonchev–Trinajstić information content (AvgIpc) is 3.12. The van der Waals surface area contributed by atoms with Gasteiger partial charge >= 0.3 is 0 Å². The third-order valence-electron chi connectivity index (χ3n) is 4.57. The lowest BCUT2D eigenvalue weighted by Crippen LogP contribution is -2.56. The number of methoxy groups -OCH3 is 1. The second-order valence-corrected chi connectivity index (χ2v) is 6.97. The van der Waals surface area contributed by atoms with Gasteiger partial charge in [0.05, 0.1) is 12.5 Å². The van der Waals surface area contributed by atoms with Gasteiger partial charge in [-0.25, -0.2) is 9.97 Å². The molecule has 0 spiro atoms. The second-order valence-electron chi connectivity index (χ2n) is 6.11. The minimum atomic E-state index is -0.378. The minimum absolute atomic E-state index is 0.347. The molecule has 1 amide bonds. The van der Waals surface area contributed by atoms with E-state index < -0.39 is 0 Å². The number of anilines is 1. The van der Waals surface area contributed by atoms with Crippen LogP contribution in [0.5, 0.6) is 5.75 Å². The number of hydrogen-bond donors (Lipinski definition) is 2. The first-order valence-electron chi connectivity index (χ1n) is 8.31. The number of aromatic nitrogens is 2. The van der Waals surface area contributed by atoms with E-state index in [1.54, 1.807) is 24.8 Å². The Morgan fingerprint density at radius 1 is 1.35 bits per heavy atom. The van der Waals surface area contributed by atoms with Crippen LogP contribution in [0.3, 0.4) is 0 Å². The highest BCUT2D eigenvalue weighted by Gasteiger charge is 2.26. The van der Waals surface area contributed by atoms with Crippen molar-refractivity contribution >= 4 is 33.3 Å². The molecule has 134 valence electrons. The number of ether oxygens (including phenoxy) is 1. The molecule has 0 saturated carbocycles. The molecule has 3 N–H and O–H groups in total. The van der Waals surface area contributed by atoms with E-state index in [-0.39, 0.29) is 11.9 Å². The van der Waals surface area contributed by atoms with Crippen molar-refractivity contribution in [2.75, 3.05) is 31.6 Å². The van der Waals surface area contributed by atoms with Crippen LogP contribution in [0, 0.1) is 0 Å². The van der Waals surface area contributed by atoms with Gasteiger partial charge in [-0.3, -0.25) is 4.79 Å². The van der Waals surface area contributed by atoms with Gasteiger partial charge in [0.2, 0.25) is 5.91 Å². The summed E-state index contributed by atoms with van der Waals surface area (Å²) in [4.78, 5) is 23.6. The summed E-state index contributed by atoms with van der Waals surface area (Å²) in [6.45, 7) is 1.94. The van der Waals surface area contributed by atoms with Gasteiger partial charge in [-0.2, -0.15) is 0 Å². The molecule has 0 bridgehead atoms. The molecule has 0 radical (unpaired) electrons. The Hall–Kier alpha value is -2.71. The zero-order valence-corrected chi connectivity index (χ0v) is 15.1. The monoisotopic (exact) mass is 369 g/mol. The number of amides is 1. The number of benzene rings is 1. The summed E-state index contributed by atoms with van der Waals surface area (Å²) in [6.07, 6.45) is 1.58. The Kier molecular flexibility index (Phi) is 4.44. The van der Waals surface area contributed by atoms with Crippen LogP contribution in [0.4, 0.5) is 5.82 Å². The van der Waals surface area contributed by atoms with Crippen LogP contribution < -0.4 is 20.7 Å². The number of nitrogens with zero attached hydrogens (tertiary/aromatic N) is 3. The van der Waals surface area contributed by atoms with Crippen LogP contribution in [-0.4, -0.2) is 48.7 Å². The van der Waals surface area contributed by atoms with E-state index in [0.29, 0.717) is 13.1 Å². The topological polar surface area (TPSA) is 93.4 Å². The van der Waals surface area contributed by atoms with E-state index in [0.717, 1.165) is 39.5 Å². The van der Waals surface area contributed by atoms with Crippen molar-refractivity contribution in [1.82, 2.24) is 15.3 Å². The van der Waals surface area contributed by atoms with Crippen LogP contribution in [0.1, 0.15) is 0 Å². The van der Waals surface area contributed by atoms with Crippen LogP contribution in [0.15, 0.2) is 36.0 Å². The molecule has 1 fully saturated rings. The molecule has 0 unspecified atom stereocenters. The predicted octanol–water partition coefficient (Wildman–Crippen LogP) is 1.63. The van der Waals surface area contributed by atoms with Gasteiger partial charge in [0, 0.05) is 30.6 Å². The number of rotatable bonds is 4. The maximum absolute atomic E-state index is 11.6. The summed E-state index contributed by atoms with van der Waals surface area (Å²) >= 11 is 1.59. The number of nitrogens with one attached hydrogen (secondary N) is 1. The van der Waals surface area contributed by atoms with Gasteiger partial charge in [0.15, 0.2) is 0 Å². The van der Waals surface area contributed by atoms with E-state index in [4.69, 9.17) is 10.5 Å². The Labute approximate surface area is 154 Å². The highest BCUT2D eigenvalue weighted by Crippen LogP contribution is 2.38. The zero-order chi connectivity index (χ0) is 18.1. The largest absolute Gasteiger partial charge is 0.497 e. The van der Waals surface area contributed by atoms with E-state index in [2.05, 4.69) is 25.6 Å². The van der Waals surface area contributed by atoms with E-state index in [1.807, 2.05) is 24.3 Å². The molecule has 26 heavy (non-hydrogen) atoms. The minimum Gasteiger partial charge on any atom is -0.497 e. The molecule has 1 aliphatic heterocycles. The summed E-state index contributed by atoms with van der Waals surface area (Å²) in [5.74, 6) is 1.31. The number of hydrogen-bond acceptors (Lipinski definition) is 7. The summed E-state index contributed by atoms with van der Waals surface area (Å²) in [7, 11) is 1.65. The Morgan fingerprint density at radius 3 is 2.88 bits per heavy atom. The average molecular weight is 369 g/mol. The number of thiophene rings is 1. The molecule has 3 aromatic rings. The Bertz CT molecular complexity index is 940. The van der Waals surface area contributed by atoms with Gasteiger partial charge in [0.1, 0.15) is 28.8 Å². The summed E-state index contributed by atoms with van der Waals surface area (Å²) < 4.78 is 5.25. The lowest BCUT2D eigenvalue weighted by atomic mass is 10.1. The number of fused-ring (bicyclic) bond motifs is 1. The van der Waals surface area contributed by atoms with Crippen LogP contribution >= 0.6 is 11.3 Å². The summed E-state index contributed by atoms with van der Waals surface area (Å²) in [6, 6.07) is 7.56. The molecule has 7 nitrogen and oxygen atoms in total. The van der Waals surface area contributed by atoms with Gasteiger partial charge in [-0.1, -0.05) is 12.1 Å². The van der Waals surface area contributed by atoms with Crippen molar-refractivity contribution in [3.8, 4) is 16.9 Å². The Morgan fingerprint density at radius 2 is 2.15 bits per heavy atom. The smallest absolute Gasteiger partial charge is 0.236 e. The molecule has 4 rings (SSSR count). The van der Waals surface area contributed by atoms with Gasteiger partial charge < -0.3 is 20.7 Å². The molecule has 1 atom stereocenters. The standard InChI is InChI=1S/C18H19N5O2S/c1-25-12-4-2-11(3-5-12)13-9-26-18-15(13)17(21-10-22-18)23-7-6-20-14(8-23)16(19)24/h2-5,9-10,14,20H,6-8H2,1H3,(H2,19,24)/t14-/m1/s1. The highest BCUT2D eigenvalue weighted by atomic mass is 32.1. The third-order valence-corrected chi connectivity index (χ3v) is 5.46. The SMILES string of the molecule is COc1ccc(-c2csc3ncnc(N4CCN[C@@H](C(N)=O)C4)c23)cc1. The van der Waals surface area contributed by atoms with Crippen LogP contribution in [0.2, 0.25) is 0 Å². The van der Waals surface area contributed by atoms with Crippen molar-refractivity contribution in [1.29, 1.82) is 0 Å². The van der Waals surface area contributed by atoms with Crippen LogP contribution in [0.25, 0.3) is 21.3 Å². The predicted molar refractivity (Wildman–Crippen MR) is 103 cm³/mol. The fraction of sp³-hybridized carbons (Fsp3) is 0.278. The first-order valence-corrected chi connectivity index (χ1v) is 9.19. The quantitative estimate of drug-likeness (QED) is 0.726. The maximum atomic E-state index is 11.6. The molecular weight excluding hydrogens is 350 g/mol. The maximum Gasteiger partial charge on any atom is 0.236 e. The fourth-order valence-corrected chi connectivity index (χ4v) is 4.13. The number of carbonyl (C=O) groups excluding carboxylic acids is 1. The van der Waals surface area contributed by atoms with Gasteiger partial charge in [-0.05, 0) is 17.7 Å². The molecule has 2 aromatic heterocycles. The molecule has 0 aliphatic carbocycles. The lowest BCUT2D eigenvalue weighted by Gasteiger charge is -2.33. The van der Waals surface area contributed by atoms with Crippen molar-refractivity contribution in [3.63, 3.8) is 0 Å². The Balaban J connectivity index is 1.78. The highest BCUT2D eigenvalue weighted by molar-refractivity contribution is 7.17.